The SMILES string of the molecule is Cc1ccccc1-c1cc(C(=O)NNc2nc(-c3ccncc3)no2)c2cnn(C(C)C)c2n1. The van der Waals surface area contributed by atoms with E-state index in [2.05, 4.69) is 31.1 Å². The van der Waals surface area contributed by atoms with Gasteiger partial charge in [-0.05, 0) is 44.5 Å². The number of aryl methyl sites for hydroxylation is 1. The van der Waals surface area contributed by atoms with Gasteiger partial charge in [0.1, 0.15) is 0 Å². The molecule has 0 atom stereocenters. The molecule has 1 amide bonds. The van der Waals surface area contributed by atoms with Crippen LogP contribution >= 0.6 is 0 Å². The molecule has 0 aliphatic rings. The maximum Gasteiger partial charge on any atom is 0.340 e. The Morgan fingerprint density at radius 1 is 1.09 bits per heavy atom. The van der Waals surface area contributed by atoms with Crippen molar-refractivity contribution in [2.45, 2.75) is 26.8 Å². The Kier molecular flexibility index (Phi) is 5.46. The fourth-order valence-corrected chi connectivity index (χ4v) is 3.65. The molecule has 34 heavy (non-hydrogen) atoms. The van der Waals surface area contributed by atoms with Crippen LogP contribution in [0.25, 0.3) is 33.7 Å². The average molecular weight is 454 g/mol. The molecule has 170 valence electrons. The van der Waals surface area contributed by atoms with E-state index in [9.17, 15) is 4.79 Å². The van der Waals surface area contributed by atoms with Crippen molar-refractivity contribution in [3.8, 4) is 22.6 Å². The Bertz CT molecular complexity index is 1470. The number of rotatable bonds is 6. The topological polar surface area (TPSA) is 124 Å². The molecule has 5 aromatic rings. The zero-order valence-electron chi connectivity index (χ0n) is 18.9. The van der Waals surface area contributed by atoms with E-state index in [1.54, 1.807) is 41.5 Å². The normalized spacial score (nSPS) is 11.2. The van der Waals surface area contributed by atoms with E-state index in [1.165, 1.54) is 0 Å². The lowest BCUT2D eigenvalue weighted by Gasteiger charge is -2.12. The van der Waals surface area contributed by atoms with Crippen molar-refractivity contribution in [1.82, 2.24) is 35.3 Å². The number of nitrogens with zero attached hydrogens (tertiary/aromatic N) is 6. The maximum absolute atomic E-state index is 13.2. The number of benzene rings is 1. The molecule has 0 fully saturated rings. The number of nitrogens with one attached hydrogen (secondary N) is 2. The van der Waals surface area contributed by atoms with Gasteiger partial charge in [0.2, 0.25) is 5.82 Å². The highest BCUT2D eigenvalue weighted by molar-refractivity contribution is 6.06. The molecule has 0 aliphatic heterocycles. The molecule has 0 spiro atoms. The van der Waals surface area contributed by atoms with Crippen LogP contribution in [0.5, 0.6) is 0 Å². The number of carbonyl (C=O) groups excluding carboxylic acids is 1. The lowest BCUT2D eigenvalue weighted by atomic mass is 10.0. The third kappa shape index (κ3) is 3.96. The predicted molar refractivity (Wildman–Crippen MR) is 127 cm³/mol. The predicted octanol–water partition coefficient (Wildman–Crippen LogP) is 4.19. The quantitative estimate of drug-likeness (QED) is 0.366. The summed E-state index contributed by atoms with van der Waals surface area (Å²) in [7, 11) is 0. The molecule has 0 saturated carbocycles. The van der Waals surface area contributed by atoms with Crippen molar-refractivity contribution in [1.29, 1.82) is 0 Å². The van der Waals surface area contributed by atoms with Crippen molar-refractivity contribution < 1.29 is 9.32 Å². The summed E-state index contributed by atoms with van der Waals surface area (Å²) in [6.07, 6.45) is 4.93. The van der Waals surface area contributed by atoms with Crippen molar-refractivity contribution in [2.75, 3.05) is 5.43 Å². The highest BCUT2D eigenvalue weighted by Crippen LogP contribution is 2.28. The van der Waals surface area contributed by atoms with Gasteiger partial charge in [-0.15, -0.1) is 0 Å². The molecule has 0 unspecified atom stereocenters. The third-order valence-corrected chi connectivity index (χ3v) is 5.37. The monoisotopic (exact) mass is 454 g/mol. The zero-order valence-corrected chi connectivity index (χ0v) is 18.9. The van der Waals surface area contributed by atoms with Gasteiger partial charge in [0.25, 0.3) is 5.91 Å². The van der Waals surface area contributed by atoms with E-state index in [4.69, 9.17) is 9.51 Å². The first kappa shape index (κ1) is 21.3. The molecular weight excluding hydrogens is 432 g/mol. The van der Waals surface area contributed by atoms with Gasteiger partial charge in [-0.2, -0.15) is 10.1 Å². The van der Waals surface area contributed by atoms with Crippen LogP contribution in [0.1, 0.15) is 35.8 Å². The molecule has 0 saturated heterocycles. The van der Waals surface area contributed by atoms with Gasteiger partial charge < -0.3 is 4.52 Å². The maximum atomic E-state index is 13.2. The van der Waals surface area contributed by atoms with Gasteiger partial charge >= 0.3 is 6.01 Å². The first-order valence-electron chi connectivity index (χ1n) is 10.8. The van der Waals surface area contributed by atoms with Gasteiger partial charge in [-0.3, -0.25) is 15.2 Å². The van der Waals surface area contributed by atoms with E-state index in [0.29, 0.717) is 28.1 Å². The third-order valence-electron chi connectivity index (χ3n) is 5.37. The van der Waals surface area contributed by atoms with E-state index >= 15 is 0 Å². The van der Waals surface area contributed by atoms with E-state index in [0.717, 1.165) is 16.7 Å². The number of pyridine rings is 2. The highest BCUT2D eigenvalue weighted by Gasteiger charge is 2.19. The summed E-state index contributed by atoms with van der Waals surface area (Å²) in [5, 5.41) is 9.03. The first-order valence-corrected chi connectivity index (χ1v) is 10.8. The minimum Gasteiger partial charge on any atom is -0.313 e. The first-order chi connectivity index (χ1) is 16.5. The summed E-state index contributed by atoms with van der Waals surface area (Å²) in [6.45, 7) is 6.05. The summed E-state index contributed by atoms with van der Waals surface area (Å²) in [5.41, 5.74) is 9.85. The lowest BCUT2D eigenvalue weighted by Crippen LogP contribution is -2.29. The zero-order chi connectivity index (χ0) is 23.7. The summed E-state index contributed by atoms with van der Waals surface area (Å²) in [6, 6.07) is 13.4. The Labute approximate surface area is 195 Å². The van der Waals surface area contributed by atoms with E-state index in [1.807, 2.05) is 45.0 Å². The fourth-order valence-electron chi connectivity index (χ4n) is 3.65. The molecule has 0 radical (unpaired) electrons. The van der Waals surface area contributed by atoms with Gasteiger partial charge in [0, 0.05) is 29.6 Å². The molecule has 10 nitrogen and oxygen atoms in total. The minimum absolute atomic E-state index is 0.0578. The minimum atomic E-state index is -0.380. The Hall–Kier alpha value is -4.60. The molecule has 10 heteroatoms. The van der Waals surface area contributed by atoms with Crippen LogP contribution < -0.4 is 10.9 Å². The summed E-state index contributed by atoms with van der Waals surface area (Å²) < 4.78 is 7.01. The smallest absolute Gasteiger partial charge is 0.313 e. The number of hydrogen-bond donors (Lipinski definition) is 2. The fraction of sp³-hybridized carbons (Fsp3) is 0.167. The standard InChI is InChI=1S/C24H22N8O2/c1-14(2)32-22-19(13-26-32)18(12-20(27-22)17-7-5-4-6-15(17)3)23(33)29-30-24-28-21(31-34-24)16-8-10-25-11-9-16/h4-14H,1-3H3,(H,29,33)(H,28,30,31). The molecule has 4 aromatic heterocycles. The summed E-state index contributed by atoms with van der Waals surface area (Å²) in [5.74, 6) is -0.000277. The molecular formula is C24H22N8O2. The molecule has 5 rings (SSSR count). The highest BCUT2D eigenvalue weighted by atomic mass is 16.5. The number of fused-ring (bicyclic) bond motifs is 1. The second-order valence-corrected chi connectivity index (χ2v) is 8.03. The van der Waals surface area contributed by atoms with Crippen LogP contribution in [0.15, 0.2) is 65.6 Å². The summed E-state index contributed by atoms with van der Waals surface area (Å²) >= 11 is 0. The van der Waals surface area contributed by atoms with Crippen LogP contribution in [0.4, 0.5) is 6.01 Å². The molecule has 4 heterocycles. The van der Waals surface area contributed by atoms with Gasteiger partial charge in [-0.1, -0.05) is 29.4 Å². The Morgan fingerprint density at radius 2 is 1.88 bits per heavy atom. The van der Waals surface area contributed by atoms with Gasteiger partial charge in [0.05, 0.1) is 22.8 Å². The van der Waals surface area contributed by atoms with Crippen LogP contribution in [-0.2, 0) is 0 Å². The molecule has 1 aromatic carbocycles. The van der Waals surface area contributed by atoms with Crippen LogP contribution in [0, 0.1) is 6.92 Å². The van der Waals surface area contributed by atoms with Crippen molar-refractivity contribution in [2.24, 2.45) is 0 Å². The van der Waals surface area contributed by atoms with Crippen molar-refractivity contribution in [3.05, 3.63) is 72.2 Å². The number of hydrazine groups is 1. The average Bonchev–Trinajstić information content (AvgIpc) is 3.50. The number of amides is 1. The number of carbonyl (C=O) groups is 1. The van der Waals surface area contributed by atoms with Gasteiger partial charge in [0.15, 0.2) is 5.65 Å². The lowest BCUT2D eigenvalue weighted by molar-refractivity contribution is 0.0962. The van der Waals surface area contributed by atoms with Crippen molar-refractivity contribution in [3.63, 3.8) is 0 Å². The largest absolute Gasteiger partial charge is 0.340 e. The number of hydrogen-bond acceptors (Lipinski definition) is 8. The second-order valence-electron chi connectivity index (χ2n) is 8.03. The van der Waals surface area contributed by atoms with E-state index in [-0.39, 0.29) is 18.0 Å². The Morgan fingerprint density at radius 3 is 2.65 bits per heavy atom. The molecule has 0 bridgehead atoms. The number of aromatic nitrogens is 6. The van der Waals surface area contributed by atoms with Crippen LogP contribution in [0.3, 0.4) is 0 Å². The second kappa shape index (κ2) is 8.74. The van der Waals surface area contributed by atoms with Crippen LogP contribution in [0.2, 0.25) is 0 Å². The van der Waals surface area contributed by atoms with E-state index < -0.39 is 0 Å². The molecule has 0 aliphatic carbocycles. The number of anilines is 1. The Balaban J connectivity index is 1.47. The molecule has 2 N–H and O–H groups in total. The van der Waals surface area contributed by atoms with Crippen molar-refractivity contribution >= 4 is 23.0 Å². The van der Waals surface area contributed by atoms with Gasteiger partial charge in [-0.25, -0.2) is 15.1 Å². The van der Waals surface area contributed by atoms with Crippen LogP contribution in [-0.4, -0.2) is 35.8 Å². The summed E-state index contributed by atoms with van der Waals surface area (Å²) in [4.78, 5) is 26.3.